The lowest BCUT2D eigenvalue weighted by Gasteiger charge is -2.15. The van der Waals surface area contributed by atoms with Crippen LogP contribution < -0.4 is 5.50 Å². The number of nitrogens with two attached hydrogens (primary N) is 1. The third-order valence-corrected chi connectivity index (χ3v) is 1.61. The predicted octanol–water partition coefficient (Wildman–Crippen LogP) is 0.402. The number of hydrogen-bond acceptors (Lipinski definition) is 4. The molecule has 0 saturated carbocycles. The van der Waals surface area contributed by atoms with Crippen molar-refractivity contribution >= 4 is 13.7 Å². The fourth-order valence-corrected chi connectivity index (χ4v) is 1.14. The summed E-state index contributed by atoms with van der Waals surface area (Å²) in [6.07, 6.45) is -1.43. The van der Waals surface area contributed by atoms with Gasteiger partial charge in [0.1, 0.15) is 0 Å². The smallest absolute Gasteiger partial charge is 0.401 e. The van der Waals surface area contributed by atoms with Crippen LogP contribution in [0.25, 0.3) is 0 Å². The molecule has 0 aromatic carbocycles. The summed E-state index contributed by atoms with van der Waals surface area (Å²) in [5.74, 6) is -0.713. The van der Waals surface area contributed by atoms with Gasteiger partial charge in [-0.05, 0) is 20.8 Å². The zero-order valence-electron chi connectivity index (χ0n) is 7.76. The van der Waals surface area contributed by atoms with E-state index in [1.165, 1.54) is 6.92 Å². The molecule has 2 atom stereocenters. The molecule has 0 fully saturated rings. The zero-order chi connectivity index (χ0) is 10.6. The molecule has 0 radical (unpaired) electrons. The predicted molar refractivity (Wildman–Crippen MR) is 45.8 cm³/mol. The SMILES string of the molecule is CC(C)OC(=O)C(C)OP(N)(=O)O. The zero-order valence-corrected chi connectivity index (χ0v) is 8.65. The summed E-state index contributed by atoms with van der Waals surface area (Å²) in [6.45, 7) is 4.61. The lowest BCUT2D eigenvalue weighted by atomic mass is 10.4. The van der Waals surface area contributed by atoms with Crippen molar-refractivity contribution in [3.63, 3.8) is 0 Å². The first kappa shape index (κ1) is 12.6. The van der Waals surface area contributed by atoms with Crippen molar-refractivity contribution in [2.24, 2.45) is 5.50 Å². The number of rotatable bonds is 4. The van der Waals surface area contributed by atoms with Crippen LogP contribution >= 0.6 is 7.75 Å². The molecule has 0 saturated heterocycles. The van der Waals surface area contributed by atoms with Gasteiger partial charge in [-0.1, -0.05) is 0 Å². The highest BCUT2D eigenvalue weighted by Gasteiger charge is 2.24. The van der Waals surface area contributed by atoms with Crippen molar-refractivity contribution in [2.45, 2.75) is 33.0 Å². The van der Waals surface area contributed by atoms with Gasteiger partial charge in [-0.15, -0.1) is 0 Å². The molecule has 0 aliphatic heterocycles. The van der Waals surface area contributed by atoms with Crippen molar-refractivity contribution in [2.75, 3.05) is 0 Å². The molecule has 0 spiro atoms. The van der Waals surface area contributed by atoms with Crippen LogP contribution in [0.15, 0.2) is 0 Å². The topological polar surface area (TPSA) is 98.9 Å². The highest BCUT2D eigenvalue weighted by molar-refractivity contribution is 7.50. The standard InChI is InChI=1S/C6H14NO5P/c1-4(2)11-6(8)5(3)12-13(7,9)10/h4-5H,1-3H3,(H3,7,9,10). The minimum Gasteiger partial charge on any atom is -0.461 e. The van der Waals surface area contributed by atoms with Crippen LogP contribution in [0.5, 0.6) is 0 Å². The second kappa shape index (κ2) is 4.72. The molecule has 0 aliphatic rings. The van der Waals surface area contributed by atoms with Gasteiger partial charge in [0.05, 0.1) is 6.10 Å². The van der Waals surface area contributed by atoms with E-state index in [9.17, 15) is 9.36 Å². The Balaban J connectivity index is 4.05. The number of esters is 1. The number of hydrogen-bond donors (Lipinski definition) is 2. The molecule has 7 heteroatoms. The minimum atomic E-state index is -4.12. The lowest BCUT2D eigenvalue weighted by molar-refractivity contribution is -0.155. The van der Waals surface area contributed by atoms with E-state index in [4.69, 9.17) is 9.63 Å². The Morgan fingerprint density at radius 2 is 1.92 bits per heavy atom. The minimum absolute atomic E-state index is 0.297. The van der Waals surface area contributed by atoms with Gasteiger partial charge in [-0.25, -0.2) is 14.9 Å². The molecule has 6 nitrogen and oxygen atoms in total. The Labute approximate surface area is 76.6 Å². The molecule has 0 bridgehead atoms. The fraction of sp³-hybridized carbons (Fsp3) is 0.833. The Morgan fingerprint density at radius 1 is 1.46 bits per heavy atom. The van der Waals surface area contributed by atoms with E-state index in [2.05, 4.69) is 10.0 Å². The summed E-state index contributed by atoms with van der Waals surface area (Å²) in [4.78, 5) is 19.6. The Bertz CT molecular complexity index is 223. The first-order valence-electron chi connectivity index (χ1n) is 3.72. The lowest BCUT2D eigenvalue weighted by Crippen LogP contribution is -2.26. The molecule has 0 rings (SSSR count). The van der Waals surface area contributed by atoms with Crippen LogP contribution in [0.1, 0.15) is 20.8 Å². The molecule has 0 aliphatic carbocycles. The van der Waals surface area contributed by atoms with Crippen LogP contribution in [0.2, 0.25) is 0 Å². The van der Waals surface area contributed by atoms with Gasteiger partial charge in [0.2, 0.25) is 0 Å². The molecule has 0 aromatic heterocycles. The average molecular weight is 211 g/mol. The number of ether oxygens (including phenoxy) is 1. The van der Waals surface area contributed by atoms with Crippen LogP contribution in [-0.2, 0) is 18.6 Å². The van der Waals surface area contributed by atoms with Gasteiger partial charge in [0.25, 0.3) is 0 Å². The van der Waals surface area contributed by atoms with E-state index >= 15 is 0 Å². The Hall–Kier alpha value is -0.420. The summed E-state index contributed by atoms with van der Waals surface area (Å²) >= 11 is 0. The van der Waals surface area contributed by atoms with Crippen molar-refractivity contribution in [1.82, 2.24) is 0 Å². The summed E-state index contributed by atoms with van der Waals surface area (Å²) < 4.78 is 19.5. The van der Waals surface area contributed by atoms with Gasteiger partial charge in [-0.2, -0.15) is 0 Å². The monoisotopic (exact) mass is 211 g/mol. The average Bonchev–Trinajstić information content (AvgIpc) is 1.81. The van der Waals surface area contributed by atoms with Gasteiger partial charge >= 0.3 is 13.7 Å². The molecular weight excluding hydrogens is 197 g/mol. The van der Waals surface area contributed by atoms with Gasteiger partial charge < -0.3 is 9.63 Å². The second-order valence-electron chi connectivity index (χ2n) is 2.80. The second-order valence-corrected chi connectivity index (χ2v) is 4.14. The summed E-state index contributed by atoms with van der Waals surface area (Å²) in [7, 11) is -4.12. The van der Waals surface area contributed by atoms with E-state index in [1.807, 2.05) is 0 Å². The maximum absolute atomic E-state index is 11.0. The van der Waals surface area contributed by atoms with Gasteiger partial charge in [0, 0.05) is 0 Å². The van der Waals surface area contributed by atoms with Gasteiger partial charge in [0.15, 0.2) is 6.10 Å². The summed E-state index contributed by atoms with van der Waals surface area (Å²) in [6, 6.07) is 0. The van der Waals surface area contributed by atoms with Crippen LogP contribution in [0, 0.1) is 0 Å². The molecule has 0 aromatic rings. The van der Waals surface area contributed by atoms with Crippen molar-refractivity contribution in [1.29, 1.82) is 0 Å². The molecule has 0 amide bonds. The first-order chi connectivity index (χ1) is 5.72. The van der Waals surface area contributed by atoms with Crippen LogP contribution in [0.3, 0.4) is 0 Å². The maximum Gasteiger partial charge on any atom is 0.401 e. The van der Waals surface area contributed by atoms with E-state index in [-0.39, 0.29) is 6.10 Å². The highest BCUT2D eigenvalue weighted by atomic mass is 31.2. The summed E-state index contributed by atoms with van der Waals surface area (Å²) in [5, 5.41) is 0. The largest absolute Gasteiger partial charge is 0.461 e. The van der Waals surface area contributed by atoms with Gasteiger partial charge in [-0.3, -0.25) is 4.52 Å². The third-order valence-electron chi connectivity index (χ3n) is 0.993. The normalized spacial score (nSPS) is 18.0. The van der Waals surface area contributed by atoms with E-state index in [0.29, 0.717) is 0 Å². The molecule has 78 valence electrons. The highest BCUT2D eigenvalue weighted by Crippen LogP contribution is 2.33. The first-order valence-corrected chi connectivity index (χ1v) is 5.37. The van der Waals surface area contributed by atoms with E-state index in [0.717, 1.165) is 0 Å². The fourth-order valence-electron chi connectivity index (χ4n) is 0.598. The van der Waals surface area contributed by atoms with Crippen LogP contribution in [-0.4, -0.2) is 23.1 Å². The van der Waals surface area contributed by atoms with E-state index < -0.39 is 19.8 Å². The maximum atomic E-state index is 11.0. The van der Waals surface area contributed by atoms with Crippen LogP contribution in [0.4, 0.5) is 0 Å². The molecule has 13 heavy (non-hydrogen) atoms. The van der Waals surface area contributed by atoms with Crippen molar-refractivity contribution in [3.05, 3.63) is 0 Å². The molecule has 0 heterocycles. The molecule has 3 N–H and O–H groups in total. The van der Waals surface area contributed by atoms with E-state index in [1.54, 1.807) is 13.8 Å². The summed E-state index contributed by atoms with van der Waals surface area (Å²) in [5.41, 5.74) is 4.69. The van der Waals surface area contributed by atoms with Crippen molar-refractivity contribution in [3.8, 4) is 0 Å². The Morgan fingerprint density at radius 3 is 2.23 bits per heavy atom. The van der Waals surface area contributed by atoms with Crippen molar-refractivity contribution < 1.29 is 23.5 Å². The third kappa shape index (κ3) is 6.72. The molecular formula is C6H14NO5P. The molecule has 2 unspecified atom stereocenters. The quantitative estimate of drug-likeness (QED) is 0.515. The Kier molecular flexibility index (Phi) is 4.56. The number of carbonyl (C=O) groups is 1. The number of carbonyl (C=O) groups excluding carboxylic acids is 1.